The van der Waals surface area contributed by atoms with Gasteiger partial charge in [0.2, 0.25) is 11.8 Å². The highest BCUT2D eigenvalue weighted by Crippen LogP contribution is 2.21. The largest absolute Gasteiger partial charge is 0.496 e. The summed E-state index contributed by atoms with van der Waals surface area (Å²) in [5.74, 6) is 1.18. The standard InChI is InChI=1S/C21H31N3O3/c1-15-13-17(7-10-22-15)21(26)23-18-8-11-24(12-9-18)20(25)14-16-5-3-4-6-19(16)27-2/h3-6,15,17-18,22H,7-14H2,1-2H3,(H,23,26)/t15-,17-/m0/s1. The van der Waals surface area contributed by atoms with Crippen LogP contribution in [-0.2, 0) is 16.0 Å². The second-order valence-corrected chi connectivity index (χ2v) is 7.73. The number of para-hydroxylation sites is 1. The molecule has 2 saturated heterocycles. The molecule has 2 heterocycles. The summed E-state index contributed by atoms with van der Waals surface area (Å²) in [7, 11) is 1.63. The second kappa shape index (κ2) is 9.22. The van der Waals surface area contributed by atoms with Crippen LogP contribution in [0.4, 0.5) is 0 Å². The van der Waals surface area contributed by atoms with Crippen molar-refractivity contribution < 1.29 is 14.3 Å². The van der Waals surface area contributed by atoms with Crippen molar-refractivity contribution in [3.05, 3.63) is 29.8 Å². The highest BCUT2D eigenvalue weighted by atomic mass is 16.5. The molecule has 2 aliphatic heterocycles. The van der Waals surface area contributed by atoms with Gasteiger partial charge in [-0.1, -0.05) is 18.2 Å². The summed E-state index contributed by atoms with van der Waals surface area (Å²) >= 11 is 0. The number of hydrogen-bond donors (Lipinski definition) is 2. The minimum Gasteiger partial charge on any atom is -0.496 e. The Kier molecular flexibility index (Phi) is 6.72. The number of amides is 2. The average molecular weight is 373 g/mol. The Bertz CT molecular complexity index is 656. The number of nitrogens with one attached hydrogen (secondary N) is 2. The third-order valence-corrected chi connectivity index (χ3v) is 5.72. The van der Waals surface area contributed by atoms with Gasteiger partial charge in [-0.05, 0) is 45.2 Å². The summed E-state index contributed by atoms with van der Waals surface area (Å²) in [4.78, 5) is 27.0. The van der Waals surface area contributed by atoms with E-state index in [0.717, 1.165) is 43.5 Å². The molecule has 6 heteroatoms. The van der Waals surface area contributed by atoms with Crippen molar-refractivity contribution >= 4 is 11.8 Å². The first-order valence-corrected chi connectivity index (χ1v) is 10.00. The van der Waals surface area contributed by atoms with Crippen LogP contribution in [0.2, 0.25) is 0 Å². The highest BCUT2D eigenvalue weighted by molar-refractivity contribution is 5.80. The maximum absolute atomic E-state index is 12.6. The molecular formula is C21H31N3O3. The fraction of sp³-hybridized carbons (Fsp3) is 0.619. The van der Waals surface area contributed by atoms with Gasteiger partial charge in [0.15, 0.2) is 0 Å². The van der Waals surface area contributed by atoms with Gasteiger partial charge in [-0.15, -0.1) is 0 Å². The molecule has 0 unspecified atom stereocenters. The summed E-state index contributed by atoms with van der Waals surface area (Å²) in [6.07, 6.45) is 3.82. The maximum Gasteiger partial charge on any atom is 0.227 e. The molecule has 2 N–H and O–H groups in total. The number of hydrogen-bond acceptors (Lipinski definition) is 4. The van der Waals surface area contributed by atoms with Crippen molar-refractivity contribution in [1.29, 1.82) is 0 Å². The molecule has 2 atom stereocenters. The molecule has 3 rings (SSSR count). The molecule has 1 aromatic rings. The highest BCUT2D eigenvalue weighted by Gasteiger charge is 2.29. The number of rotatable bonds is 5. The molecule has 148 valence electrons. The van der Waals surface area contributed by atoms with E-state index in [1.165, 1.54) is 0 Å². The van der Waals surface area contributed by atoms with Crippen molar-refractivity contribution in [3.8, 4) is 5.75 Å². The maximum atomic E-state index is 12.6. The monoisotopic (exact) mass is 373 g/mol. The SMILES string of the molecule is COc1ccccc1CC(=O)N1CCC(NC(=O)[C@H]2CCN[C@@H](C)C2)CC1. The lowest BCUT2D eigenvalue weighted by Crippen LogP contribution is -2.50. The summed E-state index contributed by atoms with van der Waals surface area (Å²) in [6, 6.07) is 8.23. The first-order chi connectivity index (χ1) is 13.1. The molecule has 1 aromatic carbocycles. The number of methoxy groups -OCH3 is 1. The molecule has 2 fully saturated rings. The van der Waals surface area contributed by atoms with Gasteiger partial charge in [0.05, 0.1) is 13.5 Å². The number of ether oxygens (including phenoxy) is 1. The van der Waals surface area contributed by atoms with E-state index in [2.05, 4.69) is 17.6 Å². The Labute approximate surface area is 161 Å². The molecule has 2 aliphatic rings. The summed E-state index contributed by atoms with van der Waals surface area (Å²) < 4.78 is 5.34. The zero-order valence-electron chi connectivity index (χ0n) is 16.4. The van der Waals surface area contributed by atoms with E-state index in [4.69, 9.17) is 4.74 Å². The fourth-order valence-electron chi connectivity index (χ4n) is 4.09. The molecular weight excluding hydrogens is 342 g/mol. The zero-order valence-corrected chi connectivity index (χ0v) is 16.4. The number of piperidine rings is 2. The minimum absolute atomic E-state index is 0.117. The first kappa shape index (κ1) is 19.7. The van der Waals surface area contributed by atoms with Gasteiger partial charge < -0.3 is 20.3 Å². The molecule has 0 spiro atoms. The van der Waals surface area contributed by atoms with Crippen molar-refractivity contribution in [2.75, 3.05) is 26.7 Å². The van der Waals surface area contributed by atoms with Gasteiger partial charge in [-0.2, -0.15) is 0 Å². The zero-order chi connectivity index (χ0) is 19.2. The molecule has 6 nitrogen and oxygen atoms in total. The van der Waals surface area contributed by atoms with Gasteiger partial charge in [-0.25, -0.2) is 0 Å². The molecule has 0 bridgehead atoms. The molecule has 0 saturated carbocycles. The smallest absolute Gasteiger partial charge is 0.227 e. The lowest BCUT2D eigenvalue weighted by molar-refractivity contribution is -0.132. The molecule has 2 amide bonds. The van der Waals surface area contributed by atoms with E-state index in [1.807, 2.05) is 29.2 Å². The third kappa shape index (κ3) is 5.22. The van der Waals surface area contributed by atoms with Crippen LogP contribution in [0.5, 0.6) is 5.75 Å². The Morgan fingerprint density at radius 3 is 2.67 bits per heavy atom. The van der Waals surface area contributed by atoms with Crippen LogP contribution in [0.1, 0.15) is 38.2 Å². The summed E-state index contributed by atoms with van der Waals surface area (Å²) in [5, 5.41) is 6.60. The lowest BCUT2D eigenvalue weighted by Gasteiger charge is -2.34. The van der Waals surface area contributed by atoms with Crippen LogP contribution in [0, 0.1) is 5.92 Å². The van der Waals surface area contributed by atoms with Crippen LogP contribution < -0.4 is 15.4 Å². The molecule has 0 aliphatic carbocycles. The predicted octanol–water partition coefficient (Wildman–Crippen LogP) is 1.73. The quantitative estimate of drug-likeness (QED) is 0.825. The van der Waals surface area contributed by atoms with E-state index in [-0.39, 0.29) is 23.8 Å². The Hall–Kier alpha value is -2.08. The van der Waals surface area contributed by atoms with Gasteiger partial charge in [0.1, 0.15) is 5.75 Å². The summed E-state index contributed by atoms with van der Waals surface area (Å²) in [6.45, 7) is 4.43. The van der Waals surface area contributed by atoms with Crippen LogP contribution in [-0.4, -0.2) is 55.5 Å². The lowest BCUT2D eigenvalue weighted by atomic mass is 9.91. The Balaban J connectivity index is 1.45. The van der Waals surface area contributed by atoms with E-state index in [0.29, 0.717) is 25.6 Å². The van der Waals surface area contributed by atoms with Crippen molar-refractivity contribution in [2.24, 2.45) is 5.92 Å². The number of benzene rings is 1. The third-order valence-electron chi connectivity index (χ3n) is 5.72. The van der Waals surface area contributed by atoms with Gasteiger partial charge >= 0.3 is 0 Å². The minimum atomic E-state index is 0.117. The number of likely N-dealkylation sites (tertiary alicyclic amines) is 1. The average Bonchev–Trinajstić information content (AvgIpc) is 2.69. The van der Waals surface area contributed by atoms with E-state index in [9.17, 15) is 9.59 Å². The molecule has 0 aromatic heterocycles. The molecule has 27 heavy (non-hydrogen) atoms. The van der Waals surface area contributed by atoms with Crippen molar-refractivity contribution in [2.45, 2.75) is 51.1 Å². The second-order valence-electron chi connectivity index (χ2n) is 7.73. The van der Waals surface area contributed by atoms with Crippen LogP contribution in [0.15, 0.2) is 24.3 Å². The Morgan fingerprint density at radius 1 is 1.22 bits per heavy atom. The van der Waals surface area contributed by atoms with Gasteiger partial charge in [0.25, 0.3) is 0 Å². The number of carbonyl (C=O) groups excluding carboxylic acids is 2. The first-order valence-electron chi connectivity index (χ1n) is 10.00. The Morgan fingerprint density at radius 2 is 1.96 bits per heavy atom. The van der Waals surface area contributed by atoms with Crippen molar-refractivity contribution in [3.63, 3.8) is 0 Å². The number of nitrogens with zero attached hydrogens (tertiary/aromatic N) is 1. The van der Waals surface area contributed by atoms with Gasteiger partial charge in [0, 0.05) is 36.7 Å². The number of carbonyl (C=O) groups is 2. The topological polar surface area (TPSA) is 70.7 Å². The summed E-state index contributed by atoms with van der Waals surface area (Å²) in [5.41, 5.74) is 0.917. The normalized spacial score (nSPS) is 23.7. The van der Waals surface area contributed by atoms with Gasteiger partial charge in [-0.3, -0.25) is 9.59 Å². The van der Waals surface area contributed by atoms with Crippen LogP contribution in [0.25, 0.3) is 0 Å². The van der Waals surface area contributed by atoms with Crippen molar-refractivity contribution in [1.82, 2.24) is 15.5 Å². The van der Waals surface area contributed by atoms with Crippen LogP contribution in [0.3, 0.4) is 0 Å². The fourth-order valence-corrected chi connectivity index (χ4v) is 4.09. The molecule has 0 radical (unpaired) electrons. The van der Waals surface area contributed by atoms with E-state index >= 15 is 0 Å². The van der Waals surface area contributed by atoms with E-state index in [1.54, 1.807) is 7.11 Å². The van der Waals surface area contributed by atoms with E-state index < -0.39 is 0 Å². The predicted molar refractivity (Wildman–Crippen MR) is 105 cm³/mol. The van der Waals surface area contributed by atoms with Crippen LogP contribution >= 0.6 is 0 Å².